The fourth-order valence-corrected chi connectivity index (χ4v) is 6.41. The van der Waals surface area contributed by atoms with E-state index in [0.29, 0.717) is 5.92 Å². The van der Waals surface area contributed by atoms with Crippen LogP contribution in [0.3, 0.4) is 0 Å². The van der Waals surface area contributed by atoms with Crippen LogP contribution in [0.4, 0.5) is 0 Å². The molecule has 0 amide bonds. The molecule has 2 radical (unpaired) electrons. The monoisotopic (exact) mass is 698 g/mol. The fourth-order valence-electron chi connectivity index (χ4n) is 6.41. The van der Waals surface area contributed by atoms with E-state index in [9.17, 15) is 0 Å². The van der Waals surface area contributed by atoms with Gasteiger partial charge in [-0.1, -0.05) is 114 Å². The van der Waals surface area contributed by atoms with Crippen LogP contribution < -0.4 is 0 Å². The first-order valence-corrected chi connectivity index (χ1v) is 19.8. The molecule has 0 aliphatic rings. The Morgan fingerprint density at radius 3 is 1.83 bits per heavy atom. The molecule has 2 heteroatoms. The van der Waals surface area contributed by atoms with Gasteiger partial charge in [0, 0.05) is 0 Å². The normalized spacial score (nSPS) is 10.8. The number of hydrogen-bond donors (Lipinski definition) is 0. The van der Waals surface area contributed by atoms with E-state index in [1.54, 1.807) is 0 Å². The minimum atomic E-state index is 0. The Morgan fingerprint density at radius 2 is 1.26 bits per heavy atom. The topological polar surface area (TPSA) is 0 Å². The summed E-state index contributed by atoms with van der Waals surface area (Å²) in [5, 5.41) is 5.49. The predicted molar refractivity (Wildman–Crippen MR) is 205 cm³/mol. The molecule has 0 bridgehead atoms. The summed E-state index contributed by atoms with van der Waals surface area (Å²) in [6.07, 6.45) is 0. The summed E-state index contributed by atoms with van der Waals surface area (Å²) in [6, 6.07) is 34.1. The van der Waals surface area contributed by atoms with E-state index in [0.717, 1.165) is 0 Å². The Hall–Kier alpha value is -2.80. The quantitative estimate of drug-likeness (QED) is 0.127. The number of fused-ring (bicyclic) bond motifs is 2. The average molecular weight is 700 g/mol. The van der Waals surface area contributed by atoms with Crippen LogP contribution in [0.1, 0.15) is 79.5 Å². The zero-order valence-electron chi connectivity index (χ0n) is 30.2. The summed E-state index contributed by atoms with van der Waals surface area (Å²) in [5.74, 6) is 0.573. The molecule has 0 aliphatic carbocycles. The second kappa shape index (κ2) is 16.3. The van der Waals surface area contributed by atoms with Gasteiger partial charge in [0.2, 0.25) is 0 Å². The minimum absolute atomic E-state index is 0. The van der Waals surface area contributed by atoms with Crippen molar-refractivity contribution in [2.75, 3.05) is 0 Å². The van der Waals surface area contributed by atoms with Crippen molar-refractivity contribution in [3.05, 3.63) is 145 Å². The molecule has 46 heavy (non-hydrogen) atoms. The molecule has 0 aromatic heterocycles. The van der Waals surface area contributed by atoms with Crippen molar-refractivity contribution in [1.82, 2.24) is 0 Å². The molecule has 0 nitrogen and oxygen atoms in total. The third-order valence-electron chi connectivity index (χ3n) is 8.70. The molecule has 0 spiro atoms. The van der Waals surface area contributed by atoms with Gasteiger partial charge in [-0.3, -0.25) is 0 Å². The number of benzene rings is 4. The van der Waals surface area contributed by atoms with Crippen LogP contribution in [-0.4, -0.2) is 6.88 Å². The Morgan fingerprint density at radius 1 is 0.652 bits per heavy atom. The molecule has 0 unspecified atom stereocenters. The van der Waals surface area contributed by atoms with Crippen LogP contribution in [0.5, 0.6) is 0 Å². The van der Waals surface area contributed by atoms with Gasteiger partial charge in [-0.25, -0.2) is 0 Å². The summed E-state index contributed by atoms with van der Waals surface area (Å²) in [4.78, 5) is 0. The summed E-state index contributed by atoms with van der Waals surface area (Å²) in [7, 11) is 0. The third kappa shape index (κ3) is 8.56. The maximum absolute atomic E-state index is 3.06. The molecule has 0 aliphatic heterocycles. The van der Waals surface area contributed by atoms with E-state index in [1.165, 1.54) is 106 Å². The molecular formula is C44H52SiZr-4. The number of rotatable bonds is 3. The Kier molecular flexibility index (Phi) is 14.0. The number of aryl methyl sites for hydroxylation is 5. The van der Waals surface area contributed by atoms with Crippen molar-refractivity contribution in [3.8, 4) is 22.3 Å². The molecule has 0 saturated heterocycles. The molecule has 240 valence electrons. The van der Waals surface area contributed by atoms with E-state index >= 15 is 0 Å². The Labute approximate surface area is 297 Å². The first-order chi connectivity index (χ1) is 20.8. The molecule has 0 N–H and O–H groups in total. The zero-order chi connectivity index (χ0) is 32.3. The second-order valence-corrected chi connectivity index (χ2v) is 13.6. The predicted octanol–water partition coefficient (Wildman–Crippen LogP) is 12.9. The van der Waals surface area contributed by atoms with Crippen molar-refractivity contribution < 1.29 is 23.3 Å². The summed E-state index contributed by atoms with van der Waals surface area (Å²) < 4.78 is 0. The Balaban J connectivity index is 0.000000293. The Bertz CT molecular complexity index is 1860. The van der Waals surface area contributed by atoms with Crippen molar-refractivity contribution in [2.45, 2.75) is 80.6 Å². The van der Waals surface area contributed by atoms with Gasteiger partial charge in [0.15, 0.2) is 0 Å². The van der Waals surface area contributed by atoms with Crippen LogP contribution in [0, 0.1) is 49.5 Å². The molecule has 0 atom stereocenters. The van der Waals surface area contributed by atoms with Gasteiger partial charge in [0.1, 0.15) is 0 Å². The van der Waals surface area contributed by atoms with Crippen LogP contribution in [0.25, 0.3) is 43.8 Å². The SMILES string of the molecule is CC(C)c1cc2c(-c3ccc(C(C)(C)C)cc3)cccc2[cH-]1.Cc1cc(C)c(-c2ccc(C)c3[cH-]c(C)cc23)c(C)c1.[CH3-].[CH3-].[Si]=[Zr]. The van der Waals surface area contributed by atoms with E-state index in [2.05, 4.69) is 167 Å². The van der Waals surface area contributed by atoms with E-state index in [-0.39, 0.29) is 20.3 Å². The van der Waals surface area contributed by atoms with Crippen molar-refractivity contribution >= 4 is 28.4 Å². The maximum atomic E-state index is 3.06. The molecule has 0 saturated carbocycles. The van der Waals surface area contributed by atoms with E-state index < -0.39 is 0 Å². The molecule has 6 aromatic rings. The molecular weight excluding hydrogens is 648 g/mol. The van der Waals surface area contributed by atoms with Gasteiger partial charge < -0.3 is 14.9 Å². The van der Waals surface area contributed by atoms with Crippen molar-refractivity contribution in [3.63, 3.8) is 0 Å². The summed E-state index contributed by atoms with van der Waals surface area (Å²) in [6.45, 7) is 25.3. The first kappa shape index (κ1) is 39.4. The van der Waals surface area contributed by atoms with Crippen LogP contribution in [0.2, 0.25) is 0 Å². The van der Waals surface area contributed by atoms with Crippen LogP contribution in [0.15, 0.2) is 91.0 Å². The van der Waals surface area contributed by atoms with Gasteiger partial charge in [-0.2, -0.15) is 12.1 Å². The molecule has 6 aromatic carbocycles. The zero-order valence-corrected chi connectivity index (χ0v) is 33.7. The van der Waals surface area contributed by atoms with E-state index in [4.69, 9.17) is 0 Å². The van der Waals surface area contributed by atoms with Gasteiger partial charge >= 0.3 is 30.2 Å². The standard InChI is InChI=1S/C22H25.C20H21.2CH3.Si.Zr/c1-15(2)18-13-17-7-6-8-20(21(17)14-18)16-9-11-19(12-10-16)22(3,4)5;1-12-8-15(4)20(16(5)9-12)17-7-6-14(3)18-10-13(2)11-19(17)18;;;;/h6-15H,1-5H3;6-11H,1-5H3;2*1H3;;/q4*-1;;. The van der Waals surface area contributed by atoms with Crippen LogP contribution in [-0.2, 0) is 28.8 Å². The number of hydrogen-bond acceptors (Lipinski definition) is 0. The van der Waals surface area contributed by atoms with Gasteiger partial charge in [0.25, 0.3) is 0 Å². The van der Waals surface area contributed by atoms with Crippen LogP contribution >= 0.6 is 0 Å². The van der Waals surface area contributed by atoms with Gasteiger partial charge in [-0.05, 0) is 59.9 Å². The second-order valence-electron chi connectivity index (χ2n) is 13.6. The summed E-state index contributed by atoms with van der Waals surface area (Å²) >= 11 is 1.36. The van der Waals surface area contributed by atoms with E-state index in [1.807, 2.05) is 0 Å². The summed E-state index contributed by atoms with van der Waals surface area (Å²) in [5.41, 5.74) is 15.2. The molecule has 0 fully saturated rings. The average Bonchev–Trinajstić information content (AvgIpc) is 3.59. The van der Waals surface area contributed by atoms with Gasteiger partial charge in [0.05, 0.1) is 0 Å². The fraction of sp³-hybridized carbons (Fsp3) is 0.273. The molecule has 0 heterocycles. The third-order valence-corrected chi connectivity index (χ3v) is 8.70. The molecule has 6 rings (SSSR count). The first-order valence-electron chi connectivity index (χ1n) is 15.6. The van der Waals surface area contributed by atoms with Crippen molar-refractivity contribution in [2.24, 2.45) is 0 Å². The van der Waals surface area contributed by atoms with Gasteiger partial charge in [-0.15, -0.1) is 68.6 Å². The van der Waals surface area contributed by atoms with Crippen molar-refractivity contribution in [1.29, 1.82) is 0 Å².